The number of hydrogen-bond donors (Lipinski definition) is 1. The van der Waals surface area contributed by atoms with Gasteiger partial charge in [0.25, 0.3) is 5.91 Å². The molecule has 0 aliphatic carbocycles. The summed E-state index contributed by atoms with van der Waals surface area (Å²) in [4.78, 5) is 11.2. The molecule has 0 unspecified atom stereocenters. The fourth-order valence-electron chi connectivity index (χ4n) is 2.02. The number of hydrogen-bond acceptors (Lipinski definition) is 5. The fraction of sp³-hybridized carbons (Fsp3) is 0.211. The van der Waals surface area contributed by atoms with E-state index in [-0.39, 0.29) is 6.42 Å². The summed E-state index contributed by atoms with van der Waals surface area (Å²) in [7, 11) is 0. The van der Waals surface area contributed by atoms with Gasteiger partial charge in [0.15, 0.2) is 11.5 Å². The average molecular weight is 372 g/mol. The molecule has 0 bridgehead atoms. The normalized spacial score (nSPS) is 10.3. The molecule has 0 saturated heterocycles. The lowest BCUT2D eigenvalue weighted by Gasteiger charge is -2.12. The Kier molecular flexibility index (Phi) is 7.47. The lowest BCUT2D eigenvalue weighted by Crippen LogP contribution is -2.16. The summed E-state index contributed by atoms with van der Waals surface area (Å²) in [5.74, 6) is 0.720. The van der Waals surface area contributed by atoms with E-state index in [4.69, 9.17) is 26.3 Å². The standard InChI is InChI=1S/C19H18ClN3O3/c1-2-25-18-11-15(12-22-23-19(24)9-10-21)5-8-17(18)26-13-14-3-6-16(20)7-4-14/h3-8,11-12H,2,9,13H2,1H3,(H,23,24). The molecule has 134 valence electrons. The third-order valence-electron chi connectivity index (χ3n) is 3.22. The predicted molar refractivity (Wildman–Crippen MR) is 99.4 cm³/mol. The first-order chi connectivity index (χ1) is 12.6. The minimum absolute atomic E-state index is 0.237. The highest BCUT2D eigenvalue weighted by atomic mass is 35.5. The van der Waals surface area contributed by atoms with Crippen molar-refractivity contribution in [3.63, 3.8) is 0 Å². The van der Waals surface area contributed by atoms with E-state index < -0.39 is 5.91 Å². The number of rotatable bonds is 8. The van der Waals surface area contributed by atoms with Crippen LogP contribution in [0.5, 0.6) is 11.5 Å². The smallest absolute Gasteiger partial charge is 0.254 e. The molecule has 2 aromatic carbocycles. The zero-order valence-corrected chi connectivity index (χ0v) is 15.0. The monoisotopic (exact) mass is 371 g/mol. The van der Waals surface area contributed by atoms with Crippen LogP contribution in [0.3, 0.4) is 0 Å². The van der Waals surface area contributed by atoms with Gasteiger partial charge in [-0.25, -0.2) is 5.43 Å². The maximum atomic E-state index is 11.2. The van der Waals surface area contributed by atoms with Crippen molar-refractivity contribution in [1.29, 1.82) is 5.26 Å². The summed E-state index contributed by atoms with van der Waals surface area (Å²) >= 11 is 5.88. The van der Waals surface area contributed by atoms with Gasteiger partial charge in [0, 0.05) is 5.02 Å². The Bertz CT molecular complexity index is 814. The van der Waals surface area contributed by atoms with Gasteiger partial charge >= 0.3 is 0 Å². The predicted octanol–water partition coefficient (Wildman–Crippen LogP) is 3.68. The number of nitrogens with zero attached hydrogens (tertiary/aromatic N) is 2. The SMILES string of the molecule is CCOc1cc(C=NNC(=O)CC#N)ccc1OCc1ccc(Cl)cc1. The summed E-state index contributed by atoms with van der Waals surface area (Å²) in [5, 5.41) is 12.9. The first-order valence-corrected chi connectivity index (χ1v) is 8.33. The second-order valence-electron chi connectivity index (χ2n) is 5.18. The number of benzene rings is 2. The zero-order valence-electron chi connectivity index (χ0n) is 14.2. The molecule has 2 aromatic rings. The van der Waals surface area contributed by atoms with E-state index in [1.54, 1.807) is 24.3 Å². The second-order valence-corrected chi connectivity index (χ2v) is 5.62. The van der Waals surface area contributed by atoms with E-state index in [0.717, 1.165) is 11.1 Å². The van der Waals surface area contributed by atoms with Crippen LogP contribution < -0.4 is 14.9 Å². The van der Waals surface area contributed by atoms with Gasteiger partial charge < -0.3 is 9.47 Å². The lowest BCUT2D eigenvalue weighted by molar-refractivity contribution is -0.120. The molecule has 1 N–H and O–H groups in total. The molecule has 0 aliphatic rings. The van der Waals surface area contributed by atoms with Crippen LogP contribution in [0.25, 0.3) is 0 Å². The third kappa shape index (κ3) is 6.11. The van der Waals surface area contributed by atoms with E-state index in [0.29, 0.717) is 29.7 Å². The quantitative estimate of drug-likeness (QED) is 0.566. The van der Waals surface area contributed by atoms with Crippen molar-refractivity contribution in [2.75, 3.05) is 6.61 Å². The number of ether oxygens (including phenoxy) is 2. The van der Waals surface area contributed by atoms with Gasteiger partial charge in [0.2, 0.25) is 0 Å². The largest absolute Gasteiger partial charge is 0.490 e. The maximum Gasteiger partial charge on any atom is 0.254 e. The molecule has 0 spiro atoms. The van der Waals surface area contributed by atoms with Crippen molar-refractivity contribution in [2.24, 2.45) is 5.10 Å². The number of nitriles is 1. The van der Waals surface area contributed by atoms with E-state index in [1.165, 1.54) is 6.21 Å². The molecule has 2 rings (SSSR count). The summed E-state index contributed by atoms with van der Waals surface area (Å²) in [5.41, 5.74) is 3.99. The highest BCUT2D eigenvalue weighted by Gasteiger charge is 2.07. The lowest BCUT2D eigenvalue weighted by atomic mass is 10.2. The molecule has 0 radical (unpaired) electrons. The fourth-order valence-corrected chi connectivity index (χ4v) is 2.15. The Morgan fingerprint density at radius 3 is 2.69 bits per heavy atom. The minimum atomic E-state index is -0.461. The van der Waals surface area contributed by atoms with Crippen molar-refractivity contribution in [2.45, 2.75) is 20.0 Å². The van der Waals surface area contributed by atoms with Crippen molar-refractivity contribution in [3.8, 4) is 17.6 Å². The molecule has 0 aliphatic heterocycles. The second kappa shape index (κ2) is 10.1. The number of halogens is 1. The van der Waals surface area contributed by atoms with E-state index >= 15 is 0 Å². The number of nitrogens with one attached hydrogen (secondary N) is 1. The number of hydrazone groups is 1. The Morgan fingerprint density at radius 1 is 1.23 bits per heavy atom. The summed E-state index contributed by atoms with van der Waals surface area (Å²) in [6, 6.07) is 14.5. The van der Waals surface area contributed by atoms with Gasteiger partial charge in [-0.15, -0.1) is 0 Å². The summed E-state index contributed by atoms with van der Waals surface area (Å²) in [6.07, 6.45) is 1.24. The van der Waals surface area contributed by atoms with Crippen LogP contribution in [0.1, 0.15) is 24.5 Å². The van der Waals surface area contributed by atoms with Crippen LogP contribution in [0, 0.1) is 11.3 Å². The number of amides is 1. The molecule has 0 heterocycles. The van der Waals surface area contributed by atoms with Crippen molar-refractivity contribution >= 4 is 23.7 Å². The Labute approximate surface area is 157 Å². The van der Waals surface area contributed by atoms with Crippen LogP contribution in [0.15, 0.2) is 47.6 Å². The molecular formula is C19H18ClN3O3. The molecular weight excluding hydrogens is 354 g/mol. The topological polar surface area (TPSA) is 83.7 Å². The van der Waals surface area contributed by atoms with Gasteiger partial charge in [-0.2, -0.15) is 10.4 Å². The van der Waals surface area contributed by atoms with Crippen LogP contribution in [0.2, 0.25) is 5.02 Å². The van der Waals surface area contributed by atoms with Crippen molar-refractivity contribution in [1.82, 2.24) is 5.43 Å². The maximum absolute atomic E-state index is 11.2. The molecule has 1 amide bonds. The van der Waals surface area contributed by atoms with Crippen LogP contribution in [-0.2, 0) is 11.4 Å². The Morgan fingerprint density at radius 2 is 2.00 bits per heavy atom. The minimum Gasteiger partial charge on any atom is -0.490 e. The first kappa shape index (κ1) is 19.3. The highest BCUT2D eigenvalue weighted by molar-refractivity contribution is 6.30. The average Bonchev–Trinajstić information content (AvgIpc) is 2.63. The molecule has 26 heavy (non-hydrogen) atoms. The van der Waals surface area contributed by atoms with Crippen molar-refractivity contribution in [3.05, 3.63) is 58.6 Å². The Hall–Kier alpha value is -3.04. The van der Waals surface area contributed by atoms with Crippen molar-refractivity contribution < 1.29 is 14.3 Å². The van der Waals surface area contributed by atoms with E-state index in [9.17, 15) is 4.79 Å². The van der Waals surface area contributed by atoms with E-state index in [2.05, 4.69) is 10.5 Å². The molecule has 0 atom stereocenters. The summed E-state index contributed by atoms with van der Waals surface area (Å²) in [6.45, 7) is 2.75. The van der Waals surface area contributed by atoms with Gasteiger partial charge in [-0.1, -0.05) is 23.7 Å². The Balaban J connectivity index is 2.05. The first-order valence-electron chi connectivity index (χ1n) is 7.95. The third-order valence-corrected chi connectivity index (χ3v) is 3.47. The number of carbonyl (C=O) groups excluding carboxylic acids is 1. The number of carbonyl (C=O) groups is 1. The van der Waals surface area contributed by atoms with Crippen LogP contribution in [-0.4, -0.2) is 18.7 Å². The summed E-state index contributed by atoms with van der Waals surface area (Å²) < 4.78 is 11.4. The van der Waals surface area contributed by atoms with Gasteiger partial charge in [-0.05, 0) is 48.4 Å². The zero-order chi connectivity index (χ0) is 18.8. The van der Waals surface area contributed by atoms with Crippen LogP contribution in [0.4, 0.5) is 0 Å². The molecule has 7 heteroatoms. The molecule has 0 aromatic heterocycles. The molecule has 0 saturated carbocycles. The molecule has 6 nitrogen and oxygen atoms in total. The highest BCUT2D eigenvalue weighted by Crippen LogP contribution is 2.29. The molecule has 0 fully saturated rings. The van der Waals surface area contributed by atoms with Gasteiger partial charge in [0.1, 0.15) is 13.0 Å². The van der Waals surface area contributed by atoms with Gasteiger partial charge in [0.05, 0.1) is 18.9 Å². The van der Waals surface area contributed by atoms with E-state index in [1.807, 2.05) is 31.2 Å². The van der Waals surface area contributed by atoms with Gasteiger partial charge in [-0.3, -0.25) is 4.79 Å². The van der Waals surface area contributed by atoms with Crippen LogP contribution >= 0.6 is 11.6 Å².